The smallest absolute Gasteiger partial charge is 0.152 e. The molecule has 0 N–H and O–H groups in total. The van der Waals surface area contributed by atoms with Gasteiger partial charge in [0.05, 0.1) is 0 Å². The SMILES string of the molecule is CC(=O)/C=C(\C)c1ccc(F)c(S)c1. The number of ketones is 1. The van der Waals surface area contributed by atoms with Gasteiger partial charge in [-0.25, -0.2) is 4.39 Å². The molecule has 0 aliphatic carbocycles. The Morgan fingerprint density at radius 1 is 1.43 bits per heavy atom. The summed E-state index contributed by atoms with van der Waals surface area (Å²) in [5.74, 6) is -0.375. The zero-order chi connectivity index (χ0) is 10.7. The Morgan fingerprint density at radius 2 is 2.07 bits per heavy atom. The number of carbonyl (C=O) groups is 1. The molecule has 0 radical (unpaired) electrons. The molecule has 0 unspecified atom stereocenters. The third-order valence-electron chi connectivity index (χ3n) is 1.82. The zero-order valence-corrected chi connectivity index (χ0v) is 8.94. The Hall–Kier alpha value is -1.09. The predicted molar refractivity (Wildman–Crippen MR) is 58.0 cm³/mol. The quantitative estimate of drug-likeness (QED) is 0.586. The summed E-state index contributed by atoms with van der Waals surface area (Å²) in [4.78, 5) is 11.1. The fourth-order valence-corrected chi connectivity index (χ4v) is 1.36. The van der Waals surface area contributed by atoms with Crippen LogP contribution >= 0.6 is 12.6 Å². The molecule has 0 saturated carbocycles. The molecule has 1 rings (SSSR count). The van der Waals surface area contributed by atoms with Gasteiger partial charge in [0.25, 0.3) is 0 Å². The Kier molecular flexibility index (Phi) is 3.47. The highest BCUT2D eigenvalue weighted by atomic mass is 32.1. The average Bonchev–Trinajstić information content (AvgIpc) is 2.08. The summed E-state index contributed by atoms with van der Waals surface area (Å²) >= 11 is 3.97. The molecule has 0 aliphatic rings. The van der Waals surface area contributed by atoms with Crippen molar-refractivity contribution in [2.75, 3.05) is 0 Å². The van der Waals surface area contributed by atoms with Crippen LogP contribution in [-0.2, 0) is 4.79 Å². The minimum Gasteiger partial charge on any atom is -0.295 e. The molecule has 0 aliphatic heterocycles. The predicted octanol–water partition coefficient (Wildman–Crippen LogP) is 3.11. The highest BCUT2D eigenvalue weighted by molar-refractivity contribution is 7.80. The Labute approximate surface area is 88.0 Å². The van der Waals surface area contributed by atoms with Gasteiger partial charge in [-0.3, -0.25) is 4.79 Å². The molecule has 0 saturated heterocycles. The van der Waals surface area contributed by atoms with E-state index in [4.69, 9.17) is 0 Å². The second-order valence-electron chi connectivity index (χ2n) is 3.10. The van der Waals surface area contributed by atoms with Crippen LogP contribution in [0.15, 0.2) is 29.2 Å². The maximum atomic E-state index is 12.9. The van der Waals surface area contributed by atoms with Gasteiger partial charge in [0.15, 0.2) is 5.78 Å². The lowest BCUT2D eigenvalue weighted by Crippen LogP contribution is -1.87. The maximum absolute atomic E-state index is 12.9. The summed E-state index contributed by atoms with van der Waals surface area (Å²) in [6, 6.07) is 4.58. The van der Waals surface area contributed by atoms with Crippen molar-refractivity contribution in [3.05, 3.63) is 35.7 Å². The molecule has 0 aromatic heterocycles. The fraction of sp³-hybridized carbons (Fsp3) is 0.182. The molecule has 0 fully saturated rings. The third kappa shape index (κ3) is 2.70. The van der Waals surface area contributed by atoms with E-state index in [1.54, 1.807) is 12.1 Å². The highest BCUT2D eigenvalue weighted by Gasteiger charge is 2.01. The van der Waals surface area contributed by atoms with Gasteiger partial charge >= 0.3 is 0 Å². The van der Waals surface area contributed by atoms with Crippen LogP contribution in [0.3, 0.4) is 0 Å². The van der Waals surface area contributed by atoms with Gasteiger partial charge in [0, 0.05) is 4.90 Å². The molecule has 1 aromatic carbocycles. The molecular weight excluding hydrogens is 199 g/mol. The van der Waals surface area contributed by atoms with Crippen molar-refractivity contribution in [2.24, 2.45) is 0 Å². The summed E-state index contributed by atoms with van der Waals surface area (Å²) in [6.45, 7) is 3.29. The average molecular weight is 210 g/mol. The molecule has 1 aromatic rings. The number of carbonyl (C=O) groups excluding carboxylic acids is 1. The van der Waals surface area contributed by atoms with Crippen LogP contribution in [0.1, 0.15) is 19.4 Å². The number of hydrogen-bond acceptors (Lipinski definition) is 2. The molecule has 74 valence electrons. The maximum Gasteiger partial charge on any atom is 0.152 e. The van der Waals surface area contributed by atoms with Crippen molar-refractivity contribution < 1.29 is 9.18 Å². The molecule has 3 heteroatoms. The molecular formula is C11H11FOS. The van der Waals surface area contributed by atoms with Gasteiger partial charge in [0.2, 0.25) is 0 Å². The van der Waals surface area contributed by atoms with Gasteiger partial charge in [-0.2, -0.15) is 0 Å². The number of thiol groups is 1. The zero-order valence-electron chi connectivity index (χ0n) is 8.04. The summed E-state index contributed by atoms with van der Waals surface area (Å²) in [7, 11) is 0. The van der Waals surface area contributed by atoms with Gasteiger partial charge in [-0.1, -0.05) is 6.07 Å². The van der Waals surface area contributed by atoms with Crippen molar-refractivity contribution in [2.45, 2.75) is 18.7 Å². The van der Waals surface area contributed by atoms with Crippen molar-refractivity contribution in [3.63, 3.8) is 0 Å². The van der Waals surface area contributed by atoms with Crippen LogP contribution in [-0.4, -0.2) is 5.78 Å². The van der Waals surface area contributed by atoms with Crippen LogP contribution in [0.5, 0.6) is 0 Å². The van der Waals surface area contributed by atoms with E-state index in [1.807, 2.05) is 6.92 Å². The van der Waals surface area contributed by atoms with E-state index in [-0.39, 0.29) is 11.6 Å². The molecule has 0 amide bonds. The van der Waals surface area contributed by atoms with E-state index in [1.165, 1.54) is 19.1 Å². The van der Waals surface area contributed by atoms with Crippen molar-refractivity contribution >= 4 is 24.0 Å². The van der Waals surface area contributed by atoms with Crippen LogP contribution in [0.25, 0.3) is 5.57 Å². The third-order valence-corrected chi connectivity index (χ3v) is 2.16. The van der Waals surface area contributed by atoms with Crippen molar-refractivity contribution in [1.29, 1.82) is 0 Å². The molecule has 0 heterocycles. The first-order valence-electron chi connectivity index (χ1n) is 4.18. The Balaban J connectivity index is 3.09. The number of hydrogen-bond donors (Lipinski definition) is 1. The summed E-state index contributed by atoms with van der Waals surface area (Å²) in [5.41, 5.74) is 1.62. The molecule has 1 nitrogen and oxygen atoms in total. The second kappa shape index (κ2) is 4.42. The topological polar surface area (TPSA) is 17.1 Å². The van der Waals surface area contributed by atoms with E-state index >= 15 is 0 Å². The monoisotopic (exact) mass is 210 g/mol. The number of benzene rings is 1. The minimum absolute atomic E-state index is 0.0208. The first-order valence-corrected chi connectivity index (χ1v) is 4.63. The number of rotatable bonds is 2. The fourth-order valence-electron chi connectivity index (χ4n) is 1.15. The van der Waals surface area contributed by atoms with Crippen LogP contribution in [0.4, 0.5) is 4.39 Å². The van der Waals surface area contributed by atoms with E-state index in [0.717, 1.165) is 11.1 Å². The highest BCUT2D eigenvalue weighted by Crippen LogP contribution is 2.19. The molecule has 0 spiro atoms. The number of allylic oxidation sites excluding steroid dienone is 2. The van der Waals surface area contributed by atoms with Gasteiger partial charge in [0.1, 0.15) is 5.82 Å². The van der Waals surface area contributed by atoms with Crippen LogP contribution < -0.4 is 0 Å². The standard InChI is InChI=1S/C11H11FOS/c1-7(5-8(2)13)9-3-4-10(12)11(14)6-9/h3-6,14H,1-2H3/b7-5+. The van der Waals surface area contributed by atoms with Crippen LogP contribution in [0, 0.1) is 5.82 Å². The van der Waals surface area contributed by atoms with E-state index in [2.05, 4.69) is 12.6 Å². The first kappa shape index (κ1) is 11.0. The molecule has 14 heavy (non-hydrogen) atoms. The van der Waals surface area contributed by atoms with Crippen molar-refractivity contribution in [3.8, 4) is 0 Å². The van der Waals surface area contributed by atoms with E-state index in [0.29, 0.717) is 4.90 Å². The van der Waals surface area contributed by atoms with Gasteiger partial charge < -0.3 is 0 Å². The molecule has 0 bridgehead atoms. The first-order chi connectivity index (χ1) is 6.50. The Morgan fingerprint density at radius 3 is 2.57 bits per heavy atom. The van der Waals surface area contributed by atoms with E-state index < -0.39 is 0 Å². The van der Waals surface area contributed by atoms with Crippen LogP contribution in [0.2, 0.25) is 0 Å². The largest absolute Gasteiger partial charge is 0.295 e. The summed E-state index contributed by atoms with van der Waals surface area (Å²) in [6.07, 6.45) is 1.51. The molecule has 0 atom stereocenters. The summed E-state index contributed by atoms with van der Waals surface area (Å²) < 4.78 is 12.9. The number of halogens is 1. The van der Waals surface area contributed by atoms with E-state index in [9.17, 15) is 9.18 Å². The Bertz CT molecular complexity index is 396. The van der Waals surface area contributed by atoms with Crippen molar-refractivity contribution in [1.82, 2.24) is 0 Å². The van der Waals surface area contributed by atoms with Gasteiger partial charge in [-0.15, -0.1) is 12.6 Å². The normalized spacial score (nSPS) is 11.6. The minimum atomic E-state index is -0.354. The lowest BCUT2D eigenvalue weighted by atomic mass is 10.1. The second-order valence-corrected chi connectivity index (χ2v) is 3.59. The lowest BCUT2D eigenvalue weighted by Gasteiger charge is -2.02. The summed E-state index contributed by atoms with van der Waals surface area (Å²) in [5, 5.41) is 0. The van der Waals surface area contributed by atoms with Gasteiger partial charge in [-0.05, 0) is 43.2 Å². The lowest BCUT2D eigenvalue weighted by molar-refractivity contribution is -0.112.